The first kappa shape index (κ1) is 11.3. The molecule has 70 valence electrons. The molecular weight excluding hydrogens is 156 g/mol. The van der Waals surface area contributed by atoms with Crippen LogP contribution in [0, 0.1) is 0 Å². The zero-order valence-corrected chi connectivity index (χ0v) is 7.67. The molecule has 0 saturated heterocycles. The average molecular weight is 172 g/mol. The molecule has 0 spiro atoms. The Kier molecular flexibility index (Phi) is 4.78. The normalized spacial score (nSPS) is 15.2. The summed E-state index contributed by atoms with van der Waals surface area (Å²) >= 11 is 0. The van der Waals surface area contributed by atoms with Gasteiger partial charge in [-0.1, -0.05) is 6.08 Å². The monoisotopic (exact) mass is 172 g/mol. The topological polar surface area (TPSA) is 46.5 Å². The van der Waals surface area contributed by atoms with Gasteiger partial charge in [-0.2, -0.15) is 0 Å². The van der Waals surface area contributed by atoms with Crippen LogP contribution in [0.5, 0.6) is 0 Å². The summed E-state index contributed by atoms with van der Waals surface area (Å²) in [6, 6.07) is 0. The Morgan fingerprint density at radius 3 is 2.67 bits per heavy atom. The van der Waals surface area contributed by atoms with Crippen LogP contribution in [0.2, 0.25) is 0 Å². The number of aliphatic hydroxyl groups is 1. The van der Waals surface area contributed by atoms with Gasteiger partial charge >= 0.3 is 0 Å². The number of aliphatic hydroxyl groups excluding tert-OH is 1. The number of ether oxygens (including phenoxy) is 1. The van der Waals surface area contributed by atoms with Gasteiger partial charge in [0, 0.05) is 6.42 Å². The molecule has 1 N–H and O–H groups in total. The van der Waals surface area contributed by atoms with Crippen molar-refractivity contribution in [2.75, 3.05) is 13.2 Å². The van der Waals surface area contributed by atoms with Crippen molar-refractivity contribution in [3.8, 4) is 0 Å². The molecule has 0 heterocycles. The van der Waals surface area contributed by atoms with E-state index in [1.165, 1.54) is 13.0 Å². The largest absolute Gasteiger partial charge is 0.393 e. The molecule has 0 aromatic carbocycles. The SMILES string of the molecule is C=CC(C)(CO)OCCC(C)=O. The van der Waals surface area contributed by atoms with Crippen molar-refractivity contribution < 1.29 is 14.6 Å². The van der Waals surface area contributed by atoms with Gasteiger partial charge in [-0.3, -0.25) is 4.79 Å². The fraction of sp³-hybridized carbons (Fsp3) is 0.667. The molecule has 12 heavy (non-hydrogen) atoms. The molecule has 3 nitrogen and oxygen atoms in total. The molecule has 3 heteroatoms. The Bertz CT molecular complexity index is 165. The number of hydrogen-bond acceptors (Lipinski definition) is 3. The summed E-state index contributed by atoms with van der Waals surface area (Å²) in [5.74, 6) is 0.0827. The van der Waals surface area contributed by atoms with Gasteiger partial charge < -0.3 is 9.84 Å². The lowest BCUT2D eigenvalue weighted by Gasteiger charge is -2.23. The number of hydrogen-bond donors (Lipinski definition) is 1. The Morgan fingerprint density at radius 1 is 1.75 bits per heavy atom. The predicted molar refractivity (Wildman–Crippen MR) is 46.9 cm³/mol. The van der Waals surface area contributed by atoms with E-state index in [1.54, 1.807) is 6.92 Å². The molecule has 0 fully saturated rings. The lowest BCUT2D eigenvalue weighted by molar-refractivity contribution is -0.119. The quantitative estimate of drug-likeness (QED) is 0.606. The Hall–Kier alpha value is -0.670. The van der Waals surface area contributed by atoms with Crippen molar-refractivity contribution in [2.24, 2.45) is 0 Å². The van der Waals surface area contributed by atoms with Crippen LogP contribution in [0.3, 0.4) is 0 Å². The lowest BCUT2D eigenvalue weighted by atomic mass is 10.1. The van der Waals surface area contributed by atoms with Crippen molar-refractivity contribution in [2.45, 2.75) is 25.9 Å². The lowest BCUT2D eigenvalue weighted by Crippen LogP contribution is -2.31. The number of ketones is 1. The Labute approximate surface area is 73.0 Å². The second kappa shape index (κ2) is 5.06. The van der Waals surface area contributed by atoms with Gasteiger partial charge in [-0.15, -0.1) is 6.58 Å². The summed E-state index contributed by atoms with van der Waals surface area (Å²) < 4.78 is 5.25. The maximum Gasteiger partial charge on any atom is 0.132 e. The molecule has 0 aliphatic heterocycles. The maximum absolute atomic E-state index is 10.5. The zero-order chi connectivity index (χ0) is 9.61. The van der Waals surface area contributed by atoms with Crippen molar-refractivity contribution in [1.82, 2.24) is 0 Å². The molecule has 0 aliphatic rings. The van der Waals surface area contributed by atoms with Crippen LogP contribution in [0.25, 0.3) is 0 Å². The van der Waals surface area contributed by atoms with Gasteiger partial charge in [0.25, 0.3) is 0 Å². The van der Waals surface area contributed by atoms with E-state index < -0.39 is 5.60 Å². The first-order chi connectivity index (χ1) is 5.54. The molecular formula is C9H16O3. The summed E-state index contributed by atoms with van der Waals surface area (Å²) in [5.41, 5.74) is -0.713. The first-order valence-electron chi connectivity index (χ1n) is 3.92. The standard InChI is InChI=1S/C9H16O3/c1-4-9(3,7-10)12-6-5-8(2)11/h4,10H,1,5-7H2,2-3H3. The Morgan fingerprint density at radius 2 is 2.33 bits per heavy atom. The number of Topliss-reactive ketones (excluding diaryl/α,β-unsaturated/α-hetero) is 1. The minimum Gasteiger partial charge on any atom is -0.393 e. The van der Waals surface area contributed by atoms with Gasteiger partial charge in [-0.25, -0.2) is 0 Å². The zero-order valence-electron chi connectivity index (χ0n) is 7.67. The first-order valence-corrected chi connectivity index (χ1v) is 3.92. The fourth-order valence-electron chi connectivity index (χ4n) is 0.597. The fourth-order valence-corrected chi connectivity index (χ4v) is 0.597. The summed E-state index contributed by atoms with van der Waals surface area (Å²) in [6.07, 6.45) is 1.91. The van der Waals surface area contributed by atoms with Crippen molar-refractivity contribution in [3.05, 3.63) is 12.7 Å². The summed E-state index contributed by atoms with van der Waals surface area (Å²) in [7, 11) is 0. The van der Waals surface area contributed by atoms with Gasteiger partial charge in [0.15, 0.2) is 0 Å². The summed E-state index contributed by atoms with van der Waals surface area (Å²) in [4.78, 5) is 10.5. The van der Waals surface area contributed by atoms with Crippen LogP contribution < -0.4 is 0 Å². The van der Waals surface area contributed by atoms with Crippen LogP contribution in [0.15, 0.2) is 12.7 Å². The van der Waals surface area contributed by atoms with Crippen LogP contribution in [0.1, 0.15) is 20.3 Å². The van der Waals surface area contributed by atoms with E-state index in [0.29, 0.717) is 13.0 Å². The highest BCUT2D eigenvalue weighted by atomic mass is 16.5. The van der Waals surface area contributed by atoms with Crippen molar-refractivity contribution in [3.63, 3.8) is 0 Å². The molecule has 0 amide bonds. The van der Waals surface area contributed by atoms with Crippen LogP contribution in [0.4, 0.5) is 0 Å². The molecule has 1 atom stereocenters. The highest BCUT2D eigenvalue weighted by Gasteiger charge is 2.18. The smallest absolute Gasteiger partial charge is 0.132 e. The predicted octanol–water partition coefficient (Wildman–Crippen LogP) is 0.919. The third-order valence-electron chi connectivity index (χ3n) is 1.63. The molecule has 0 rings (SSSR count). The Balaban J connectivity index is 3.73. The minimum atomic E-state index is -0.713. The summed E-state index contributed by atoms with van der Waals surface area (Å²) in [6.45, 7) is 6.98. The molecule has 0 aromatic rings. The van der Waals surface area contributed by atoms with Gasteiger partial charge in [-0.05, 0) is 13.8 Å². The van der Waals surface area contributed by atoms with E-state index in [0.717, 1.165) is 0 Å². The van der Waals surface area contributed by atoms with E-state index >= 15 is 0 Å². The van der Waals surface area contributed by atoms with Gasteiger partial charge in [0.2, 0.25) is 0 Å². The van der Waals surface area contributed by atoms with Gasteiger partial charge in [0.1, 0.15) is 11.4 Å². The third-order valence-corrected chi connectivity index (χ3v) is 1.63. The van der Waals surface area contributed by atoms with E-state index in [2.05, 4.69) is 6.58 Å². The van der Waals surface area contributed by atoms with E-state index in [1.807, 2.05) is 0 Å². The molecule has 0 saturated carbocycles. The highest BCUT2D eigenvalue weighted by Crippen LogP contribution is 2.10. The highest BCUT2D eigenvalue weighted by molar-refractivity contribution is 5.75. The van der Waals surface area contributed by atoms with E-state index in [4.69, 9.17) is 9.84 Å². The van der Waals surface area contributed by atoms with Crippen LogP contribution >= 0.6 is 0 Å². The van der Waals surface area contributed by atoms with Crippen LogP contribution in [-0.4, -0.2) is 29.7 Å². The second-order valence-corrected chi connectivity index (χ2v) is 2.98. The molecule has 0 radical (unpaired) electrons. The minimum absolute atomic E-state index is 0.0827. The number of carbonyl (C=O) groups is 1. The molecule has 0 bridgehead atoms. The average Bonchev–Trinajstić information content (AvgIpc) is 2.03. The number of rotatable bonds is 6. The molecule has 0 aliphatic carbocycles. The second-order valence-electron chi connectivity index (χ2n) is 2.98. The molecule has 0 aromatic heterocycles. The van der Waals surface area contributed by atoms with Crippen molar-refractivity contribution >= 4 is 5.78 Å². The van der Waals surface area contributed by atoms with Gasteiger partial charge in [0.05, 0.1) is 13.2 Å². The third kappa shape index (κ3) is 4.26. The van der Waals surface area contributed by atoms with E-state index in [-0.39, 0.29) is 12.4 Å². The summed E-state index contributed by atoms with van der Waals surface area (Å²) in [5, 5.41) is 8.87. The van der Waals surface area contributed by atoms with E-state index in [9.17, 15) is 4.79 Å². The molecule has 1 unspecified atom stereocenters. The van der Waals surface area contributed by atoms with Crippen molar-refractivity contribution in [1.29, 1.82) is 0 Å². The van der Waals surface area contributed by atoms with Crippen LogP contribution in [-0.2, 0) is 9.53 Å². The maximum atomic E-state index is 10.5. The number of carbonyl (C=O) groups excluding carboxylic acids is 1.